The number of urea groups is 1. The number of fused-ring (bicyclic) bond motifs is 1. The van der Waals surface area contributed by atoms with Crippen LogP contribution in [-0.2, 0) is 0 Å². The highest BCUT2D eigenvalue weighted by Crippen LogP contribution is 2.32. The van der Waals surface area contributed by atoms with Gasteiger partial charge in [0.25, 0.3) is 0 Å². The van der Waals surface area contributed by atoms with E-state index < -0.39 is 0 Å². The van der Waals surface area contributed by atoms with Crippen LogP contribution in [0.1, 0.15) is 30.3 Å². The molecule has 1 aliphatic rings. The lowest BCUT2D eigenvalue weighted by molar-refractivity contribution is 0.204. The number of aryl methyl sites for hydroxylation is 1. The van der Waals surface area contributed by atoms with Crippen LogP contribution < -0.4 is 5.32 Å². The van der Waals surface area contributed by atoms with Crippen LogP contribution in [-0.4, -0.2) is 27.6 Å². The Labute approximate surface area is 139 Å². The lowest BCUT2D eigenvalue weighted by atomic mass is 10.1. The van der Waals surface area contributed by atoms with Crippen molar-refractivity contribution in [1.29, 1.82) is 0 Å². The summed E-state index contributed by atoms with van der Waals surface area (Å²) in [5.74, 6) is 0.763. The highest BCUT2D eigenvalue weighted by Gasteiger charge is 2.32. The topological polar surface area (TPSA) is 71.3 Å². The number of carbonyl (C=O) groups excluding carboxylic acids is 1. The van der Waals surface area contributed by atoms with Crippen molar-refractivity contribution in [1.82, 2.24) is 15.0 Å². The molecule has 6 nitrogen and oxygen atoms in total. The molecule has 3 aromatic rings. The average Bonchev–Trinajstić information content (AvgIpc) is 3.24. The molecule has 2 amide bonds. The van der Waals surface area contributed by atoms with Gasteiger partial charge in [0.05, 0.1) is 11.7 Å². The fourth-order valence-corrected chi connectivity index (χ4v) is 3.28. The third-order valence-electron chi connectivity index (χ3n) is 4.42. The van der Waals surface area contributed by atoms with Gasteiger partial charge < -0.3 is 14.7 Å². The van der Waals surface area contributed by atoms with Gasteiger partial charge in [-0.2, -0.15) is 0 Å². The Kier molecular flexibility index (Phi) is 3.65. The zero-order valence-electron chi connectivity index (χ0n) is 13.4. The van der Waals surface area contributed by atoms with Gasteiger partial charge in [0.15, 0.2) is 0 Å². The first kappa shape index (κ1) is 14.7. The predicted molar refractivity (Wildman–Crippen MR) is 90.7 cm³/mol. The summed E-state index contributed by atoms with van der Waals surface area (Å²) in [6, 6.07) is 9.48. The van der Waals surface area contributed by atoms with Crippen LogP contribution >= 0.6 is 0 Å². The van der Waals surface area contributed by atoms with Gasteiger partial charge in [0, 0.05) is 35.8 Å². The standard InChI is InChI=1S/C18H18N4O2/c1-12-10-16(21-24-12)17-6-3-9-22(17)18(23)20-15-5-2-4-13-11-19-8-7-14(13)15/h2,4-5,7-8,10-11,17H,3,6,9H2,1H3,(H,20,23)/t17-/m1/s1. The summed E-state index contributed by atoms with van der Waals surface area (Å²) in [7, 11) is 0. The summed E-state index contributed by atoms with van der Waals surface area (Å²) in [5, 5.41) is 9.10. The third-order valence-corrected chi connectivity index (χ3v) is 4.42. The van der Waals surface area contributed by atoms with E-state index in [1.807, 2.05) is 42.2 Å². The first-order chi connectivity index (χ1) is 11.7. The molecule has 1 N–H and O–H groups in total. The highest BCUT2D eigenvalue weighted by molar-refractivity contribution is 6.01. The molecule has 0 aliphatic carbocycles. The molecule has 0 bridgehead atoms. The number of rotatable bonds is 2. The van der Waals surface area contributed by atoms with Crippen molar-refractivity contribution in [3.05, 3.63) is 54.2 Å². The number of benzene rings is 1. The second-order valence-electron chi connectivity index (χ2n) is 6.05. The van der Waals surface area contributed by atoms with Gasteiger partial charge in [0.1, 0.15) is 11.5 Å². The molecular weight excluding hydrogens is 304 g/mol. The Morgan fingerprint density at radius 2 is 2.29 bits per heavy atom. The van der Waals surface area contributed by atoms with Gasteiger partial charge in [-0.3, -0.25) is 4.98 Å². The molecule has 4 rings (SSSR count). The van der Waals surface area contributed by atoms with E-state index in [-0.39, 0.29) is 12.1 Å². The quantitative estimate of drug-likeness (QED) is 0.776. The fraction of sp³-hybridized carbons (Fsp3) is 0.278. The molecule has 0 saturated carbocycles. The number of anilines is 1. The zero-order valence-corrected chi connectivity index (χ0v) is 13.4. The molecule has 24 heavy (non-hydrogen) atoms. The van der Waals surface area contributed by atoms with E-state index in [9.17, 15) is 4.79 Å². The Hall–Kier alpha value is -2.89. The molecule has 1 atom stereocenters. The number of hydrogen-bond acceptors (Lipinski definition) is 4. The van der Waals surface area contributed by atoms with Gasteiger partial charge in [-0.1, -0.05) is 17.3 Å². The molecule has 1 fully saturated rings. The van der Waals surface area contributed by atoms with E-state index >= 15 is 0 Å². The minimum absolute atomic E-state index is 0.0286. The predicted octanol–water partition coefficient (Wildman–Crippen LogP) is 3.90. The van der Waals surface area contributed by atoms with Gasteiger partial charge >= 0.3 is 6.03 Å². The van der Waals surface area contributed by atoms with Crippen LogP contribution in [0.15, 0.2) is 47.2 Å². The lowest BCUT2D eigenvalue weighted by Crippen LogP contribution is -2.34. The fourth-order valence-electron chi connectivity index (χ4n) is 3.28. The summed E-state index contributed by atoms with van der Waals surface area (Å²) >= 11 is 0. The SMILES string of the molecule is Cc1cc([C@H]2CCCN2C(=O)Nc2cccc3cnccc23)no1. The summed E-state index contributed by atoms with van der Waals surface area (Å²) in [6.07, 6.45) is 5.39. The maximum atomic E-state index is 12.8. The second-order valence-corrected chi connectivity index (χ2v) is 6.05. The molecule has 122 valence electrons. The number of hydrogen-bond donors (Lipinski definition) is 1. The van der Waals surface area contributed by atoms with E-state index in [4.69, 9.17) is 4.52 Å². The van der Waals surface area contributed by atoms with Gasteiger partial charge in [-0.25, -0.2) is 4.79 Å². The van der Waals surface area contributed by atoms with Gasteiger partial charge in [-0.15, -0.1) is 0 Å². The lowest BCUT2D eigenvalue weighted by Gasteiger charge is -2.23. The van der Waals surface area contributed by atoms with E-state index in [0.29, 0.717) is 6.54 Å². The molecule has 2 aromatic heterocycles. The number of amides is 2. The highest BCUT2D eigenvalue weighted by atomic mass is 16.5. The second kappa shape index (κ2) is 5.96. The minimum Gasteiger partial charge on any atom is -0.361 e. The van der Waals surface area contributed by atoms with Crippen LogP contribution in [0.4, 0.5) is 10.5 Å². The Balaban J connectivity index is 1.59. The largest absolute Gasteiger partial charge is 0.361 e. The van der Waals surface area contributed by atoms with Crippen LogP contribution in [0.2, 0.25) is 0 Å². The Bertz CT molecular complexity index is 884. The molecule has 1 aromatic carbocycles. The van der Waals surface area contributed by atoms with E-state index in [0.717, 1.165) is 40.8 Å². The molecule has 0 spiro atoms. The summed E-state index contributed by atoms with van der Waals surface area (Å²) in [5.41, 5.74) is 1.61. The van der Waals surface area contributed by atoms with Crippen LogP contribution in [0.3, 0.4) is 0 Å². The molecule has 3 heterocycles. The van der Waals surface area contributed by atoms with E-state index in [1.54, 1.807) is 12.4 Å². The monoisotopic (exact) mass is 322 g/mol. The van der Waals surface area contributed by atoms with Gasteiger partial charge in [0.2, 0.25) is 0 Å². The van der Waals surface area contributed by atoms with Crippen molar-refractivity contribution in [3.8, 4) is 0 Å². The zero-order chi connectivity index (χ0) is 16.5. The smallest absolute Gasteiger partial charge is 0.322 e. The normalized spacial score (nSPS) is 17.4. The number of aromatic nitrogens is 2. The molecule has 1 aliphatic heterocycles. The van der Waals surface area contributed by atoms with Gasteiger partial charge in [-0.05, 0) is 31.9 Å². The van der Waals surface area contributed by atoms with Crippen molar-refractivity contribution in [2.75, 3.05) is 11.9 Å². The average molecular weight is 322 g/mol. The van der Waals surface area contributed by atoms with Crippen LogP contribution in [0.5, 0.6) is 0 Å². The maximum absolute atomic E-state index is 12.8. The van der Waals surface area contributed by atoms with Crippen molar-refractivity contribution in [3.63, 3.8) is 0 Å². The molecule has 0 radical (unpaired) electrons. The maximum Gasteiger partial charge on any atom is 0.322 e. The number of carbonyl (C=O) groups is 1. The number of likely N-dealkylation sites (tertiary alicyclic amines) is 1. The summed E-state index contributed by atoms with van der Waals surface area (Å²) < 4.78 is 5.17. The summed E-state index contributed by atoms with van der Waals surface area (Å²) in [6.45, 7) is 2.58. The number of nitrogens with one attached hydrogen (secondary N) is 1. The number of nitrogens with zero attached hydrogens (tertiary/aromatic N) is 3. The Morgan fingerprint density at radius 3 is 3.12 bits per heavy atom. The molecule has 0 unspecified atom stereocenters. The van der Waals surface area contributed by atoms with Crippen molar-refractivity contribution < 1.29 is 9.32 Å². The third kappa shape index (κ3) is 2.60. The van der Waals surface area contributed by atoms with Crippen molar-refractivity contribution in [2.24, 2.45) is 0 Å². The summed E-state index contributed by atoms with van der Waals surface area (Å²) in [4.78, 5) is 18.7. The molecular formula is C18H18N4O2. The minimum atomic E-state index is -0.109. The van der Waals surface area contributed by atoms with Crippen molar-refractivity contribution in [2.45, 2.75) is 25.8 Å². The van der Waals surface area contributed by atoms with E-state index in [2.05, 4.69) is 15.5 Å². The van der Waals surface area contributed by atoms with Crippen LogP contribution in [0, 0.1) is 6.92 Å². The van der Waals surface area contributed by atoms with E-state index in [1.165, 1.54) is 0 Å². The Morgan fingerprint density at radius 1 is 1.38 bits per heavy atom. The first-order valence-corrected chi connectivity index (χ1v) is 8.06. The number of pyridine rings is 1. The molecule has 6 heteroatoms. The van der Waals surface area contributed by atoms with Crippen LogP contribution in [0.25, 0.3) is 10.8 Å². The van der Waals surface area contributed by atoms with Crippen molar-refractivity contribution >= 4 is 22.5 Å². The molecule has 1 saturated heterocycles. The first-order valence-electron chi connectivity index (χ1n) is 8.06.